The summed E-state index contributed by atoms with van der Waals surface area (Å²) in [6, 6.07) is 6.29. The van der Waals surface area contributed by atoms with Crippen molar-refractivity contribution in [2.24, 2.45) is 0 Å². The summed E-state index contributed by atoms with van der Waals surface area (Å²) in [5, 5.41) is 12.9. The Labute approximate surface area is 97.5 Å². The van der Waals surface area contributed by atoms with Gasteiger partial charge in [0.15, 0.2) is 0 Å². The summed E-state index contributed by atoms with van der Waals surface area (Å²) in [5.41, 5.74) is -2.91. The van der Waals surface area contributed by atoms with Crippen LogP contribution in [0.2, 0.25) is 0 Å². The highest BCUT2D eigenvalue weighted by molar-refractivity contribution is 5.27. The summed E-state index contributed by atoms with van der Waals surface area (Å²) in [7, 11) is 0. The van der Waals surface area contributed by atoms with E-state index >= 15 is 0 Å². The quantitative estimate of drug-likeness (QED) is 0.837. The zero-order valence-corrected chi connectivity index (χ0v) is 9.17. The van der Waals surface area contributed by atoms with Gasteiger partial charge in [-0.25, -0.2) is 0 Å². The van der Waals surface area contributed by atoms with Crippen molar-refractivity contribution in [3.8, 4) is 0 Å². The SMILES string of the molecule is OC(c1ccccc1)(C1CCCN1)C(F)(F)F. The van der Waals surface area contributed by atoms with Crippen LogP contribution in [0.1, 0.15) is 18.4 Å². The smallest absolute Gasteiger partial charge is 0.375 e. The van der Waals surface area contributed by atoms with Gasteiger partial charge in [-0.3, -0.25) is 0 Å². The second-order valence-electron chi connectivity index (χ2n) is 4.28. The van der Waals surface area contributed by atoms with Crippen molar-refractivity contribution in [3.05, 3.63) is 35.9 Å². The molecule has 0 aliphatic carbocycles. The molecule has 0 aromatic heterocycles. The molecule has 0 bridgehead atoms. The fourth-order valence-electron chi connectivity index (χ4n) is 2.30. The molecule has 1 fully saturated rings. The van der Waals surface area contributed by atoms with Crippen LogP contribution in [-0.4, -0.2) is 23.9 Å². The first kappa shape index (κ1) is 12.4. The predicted octanol–water partition coefficient (Wildman–Crippen LogP) is 2.19. The van der Waals surface area contributed by atoms with Crippen molar-refractivity contribution in [1.82, 2.24) is 5.32 Å². The third-order valence-corrected chi connectivity index (χ3v) is 3.21. The first-order valence-corrected chi connectivity index (χ1v) is 5.54. The van der Waals surface area contributed by atoms with E-state index in [0.717, 1.165) is 0 Å². The van der Waals surface area contributed by atoms with Crippen LogP contribution in [0, 0.1) is 0 Å². The lowest BCUT2D eigenvalue weighted by atomic mass is 9.85. The van der Waals surface area contributed by atoms with Crippen molar-refractivity contribution < 1.29 is 18.3 Å². The molecule has 2 N–H and O–H groups in total. The molecular formula is C12H14F3NO. The Morgan fingerprint density at radius 1 is 1.18 bits per heavy atom. The van der Waals surface area contributed by atoms with Gasteiger partial charge in [0.2, 0.25) is 5.60 Å². The van der Waals surface area contributed by atoms with Gasteiger partial charge in [0.1, 0.15) is 0 Å². The van der Waals surface area contributed by atoms with E-state index in [1.54, 1.807) is 6.07 Å². The van der Waals surface area contributed by atoms with Gasteiger partial charge in [-0.2, -0.15) is 13.2 Å². The minimum absolute atomic E-state index is 0.105. The average molecular weight is 245 g/mol. The fourth-order valence-corrected chi connectivity index (χ4v) is 2.30. The highest BCUT2D eigenvalue weighted by Gasteiger charge is 2.59. The molecule has 1 aliphatic heterocycles. The number of alkyl halides is 3. The highest BCUT2D eigenvalue weighted by Crippen LogP contribution is 2.43. The molecule has 0 radical (unpaired) electrons. The third kappa shape index (κ3) is 2.05. The number of rotatable bonds is 2. The second kappa shape index (κ2) is 4.31. The van der Waals surface area contributed by atoms with Crippen LogP contribution in [0.15, 0.2) is 30.3 Å². The standard InChI is InChI=1S/C12H14F3NO/c13-12(14,15)11(17,10-7-4-8-16-10)9-5-2-1-3-6-9/h1-3,5-6,10,16-17H,4,7-8H2. The maximum absolute atomic E-state index is 13.2. The fraction of sp³-hybridized carbons (Fsp3) is 0.500. The van der Waals surface area contributed by atoms with Crippen molar-refractivity contribution in [2.75, 3.05) is 6.54 Å². The maximum atomic E-state index is 13.2. The van der Waals surface area contributed by atoms with Crippen LogP contribution >= 0.6 is 0 Å². The van der Waals surface area contributed by atoms with Gasteiger partial charge in [-0.15, -0.1) is 0 Å². The zero-order valence-electron chi connectivity index (χ0n) is 9.17. The molecule has 17 heavy (non-hydrogen) atoms. The molecular weight excluding hydrogens is 231 g/mol. The molecule has 1 heterocycles. The van der Waals surface area contributed by atoms with Crippen molar-refractivity contribution in [3.63, 3.8) is 0 Å². The van der Waals surface area contributed by atoms with E-state index in [9.17, 15) is 18.3 Å². The third-order valence-electron chi connectivity index (χ3n) is 3.21. The summed E-state index contributed by atoms with van der Waals surface area (Å²) in [5.74, 6) is 0. The Balaban J connectivity index is 2.44. The number of nitrogens with one attached hydrogen (secondary N) is 1. The van der Waals surface area contributed by atoms with Gasteiger partial charge in [0.05, 0.1) is 0 Å². The van der Waals surface area contributed by atoms with Crippen LogP contribution in [-0.2, 0) is 5.60 Å². The lowest BCUT2D eigenvalue weighted by Crippen LogP contribution is -2.55. The molecule has 2 rings (SSSR count). The maximum Gasteiger partial charge on any atom is 0.423 e. The van der Waals surface area contributed by atoms with E-state index in [2.05, 4.69) is 5.32 Å². The minimum Gasteiger partial charge on any atom is -0.375 e. The molecule has 1 aromatic rings. The molecule has 0 amide bonds. The summed E-state index contributed by atoms with van der Waals surface area (Å²) < 4.78 is 39.5. The largest absolute Gasteiger partial charge is 0.423 e. The Morgan fingerprint density at radius 3 is 2.29 bits per heavy atom. The van der Waals surface area contributed by atoms with E-state index in [4.69, 9.17) is 0 Å². The molecule has 1 saturated heterocycles. The molecule has 5 heteroatoms. The van der Waals surface area contributed by atoms with E-state index in [-0.39, 0.29) is 5.56 Å². The minimum atomic E-state index is -4.68. The Morgan fingerprint density at radius 2 is 1.82 bits per heavy atom. The van der Waals surface area contributed by atoms with E-state index < -0.39 is 17.8 Å². The monoisotopic (exact) mass is 245 g/mol. The summed E-state index contributed by atoms with van der Waals surface area (Å²) >= 11 is 0. The number of halogens is 3. The molecule has 1 aromatic carbocycles. The average Bonchev–Trinajstić information content (AvgIpc) is 2.81. The number of hydrogen-bond donors (Lipinski definition) is 2. The van der Waals surface area contributed by atoms with E-state index in [1.807, 2.05) is 0 Å². The molecule has 0 spiro atoms. The summed E-state index contributed by atoms with van der Waals surface area (Å²) in [6.45, 7) is 0.510. The molecule has 2 unspecified atom stereocenters. The normalized spacial score (nSPS) is 24.6. The van der Waals surface area contributed by atoms with Gasteiger partial charge in [-0.1, -0.05) is 30.3 Å². The molecule has 2 atom stereocenters. The number of hydrogen-bond acceptors (Lipinski definition) is 2. The summed E-state index contributed by atoms with van der Waals surface area (Å²) in [6.07, 6.45) is -3.71. The first-order chi connectivity index (χ1) is 7.96. The van der Waals surface area contributed by atoms with E-state index in [0.29, 0.717) is 19.4 Å². The first-order valence-electron chi connectivity index (χ1n) is 5.54. The predicted molar refractivity (Wildman–Crippen MR) is 57.4 cm³/mol. The molecule has 2 nitrogen and oxygen atoms in total. The Kier molecular flexibility index (Phi) is 3.14. The second-order valence-corrected chi connectivity index (χ2v) is 4.28. The van der Waals surface area contributed by atoms with Crippen LogP contribution in [0.5, 0.6) is 0 Å². The number of aliphatic hydroxyl groups is 1. The Hall–Kier alpha value is -1.07. The molecule has 94 valence electrons. The van der Waals surface area contributed by atoms with Gasteiger partial charge >= 0.3 is 6.18 Å². The lowest BCUT2D eigenvalue weighted by molar-refractivity contribution is -0.276. The van der Waals surface area contributed by atoms with Gasteiger partial charge in [0.25, 0.3) is 0 Å². The van der Waals surface area contributed by atoms with Gasteiger partial charge in [-0.05, 0) is 24.9 Å². The molecule has 1 aliphatic rings. The van der Waals surface area contributed by atoms with Crippen LogP contribution in [0.25, 0.3) is 0 Å². The lowest BCUT2D eigenvalue weighted by Gasteiger charge is -2.36. The van der Waals surface area contributed by atoms with Crippen LogP contribution in [0.4, 0.5) is 13.2 Å². The number of benzene rings is 1. The Bertz CT molecular complexity index is 373. The molecule has 0 saturated carbocycles. The van der Waals surface area contributed by atoms with Crippen LogP contribution in [0.3, 0.4) is 0 Å². The van der Waals surface area contributed by atoms with Gasteiger partial charge < -0.3 is 10.4 Å². The van der Waals surface area contributed by atoms with E-state index in [1.165, 1.54) is 24.3 Å². The summed E-state index contributed by atoms with van der Waals surface area (Å²) in [4.78, 5) is 0. The highest BCUT2D eigenvalue weighted by atomic mass is 19.4. The van der Waals surface area contributed by atoms with Crippen molar-refractivity contribution in [2.45, 2.75) is 30.7 Å². The van der Waals surface area contributed by atoms with Crippen molar-refractivity contribution in [1.29, 1.82) is 0 Å². The van der Waals surface area contributed by atoms with Gasteiger partial charge in [0, 0.05) is 6.04 Å². The van der Waals surface area contributed by atoms with Crippen LogP contribution < -0.4 is 5.32 Å². The van der Waals surface area contributed by atoms with Crippen molar-refractivity contribution >= 4 is 0 Å². The topological polar surface area (TPSA) is 32.3 Å². The zero-order chi connectivity index (χ0) is 12.5.